The lowest BCUT2D eigenvalue weighted by Gasteiger charge is -2.15. The molecule has 30 heavy (non-hydrogen) atoms. The van der Waals surface area contributed by atoms with E-state index in [9.17, 15) is 4.79 Å². The zero-order valence-electron chi connectivity index (χ0n) is 18.2. The molecule has 7 heteroatoms. The minimum absolute atomic E-state index is 0.235. The van der Waals surface area contributed by atoms with Crippen LogP contribution in [-0.2, 0) is 0 Å². The van der Waals surface area contributed by atoms with Crippen molar-refractivity contribution < 1.29 is 23.7 Å². The van der Waals surface area contributed by atoms with Gasteiger partial charge in [-0.1, -0.05) is 13.8 Å². The second-order valence-corrected chi connectivity index (χ2v) is 5.94. The smallest absolute Gasteiger partial charge is 0.203 e. The molecular formula is C23H28N2O5. The Morgan fingerprint density at radius 1 is 0.933 bits per heavy atom. The van der Waals surface area contributed by atoms with Crippen molar-refractivity contribution in [2.45, 2.75) is 20.8 Å². The number of carbonyl (C=O) groups is 1. The molecule has 0 unspecified atom stereocenters. The molecule has 0 bridgehead atoms. The van der Waals surface area contributed by atoms with E-state index < -0.39 is 0 Å². The number of aromatic nitrogens is 1. The Morgan fingerprint density at radius 3 is 2.10 bits per heavy atom. The summed E-state index contributed by atoms with van der Waals surface area (Å²) in [6.07, 6.45) is 3.15. The van der Waals surface area contributed by atoms with Crippen LogP contribution in [0.25, 0.3) is 10.8 Å². The fraction of sp³-hybridized carbons (Fsp3) is 0.304. The monoisotopic (exact) mass is 412 g/mol. The molecule has 1 aromatic heterocycles. The number of methoxy groups -OCH3 is 3. The molecule has 3 aromatic rings. The van der Waals surface area contributed by atoms with Crippen LogP contribution in [-0.4, -0.2) is 38.7 Å². The van der Waals surface area contributed by atoms with Crippen molar-refractivity contribution in [2.24, 2.45) is 0 Å². The van der Waals surface area contributed by atoms with Gasteiger partial charge in [0.2, 0.25) is 5.75 Å². The van der Waals surface area contributed by atoms with E-state index in [2.05, 4.69) is 4.98 Å². The first-order chi connectivity index (χ1) is 14.5. The lowest BCUT2D eigenvalue weighted by Crippen LogP contribution is -2.06. The highest BCUT2D eigenvalue weighted by Crippen LogP contribution is 2.39. The van der Waals surface area contributed by atoms with Crippen molar-refractivity contribution in [1.29, 1.82) is 0 Å². The Bertz CT molecular complexity index is 1010. The SMILES string of the molecule is CC.CCOc1ccc2c(C(=O)c3cc(OC)c(OC)c(OC)c3)cncc2c1N. The van der Waals surface area contributed by atoms with Gasteiger partial charge in [-0.05, 0) is 36.6 Å². The number of nitrogen functional groups attached to an aromatic ring is 1. The molecule has 0 saturated carbocycles. The van der Waals surface area contributed by atoms with Crippen molar-refractivity contribution in [2.75, 3.05) is 33.7 Å². The third-order valence-electron chi connectivity index (χ3n) is 4.42. The van der Waals surface area contributed by atoms with E-state index in [1.165, 1.54) is 27.5 Å². The Labute approximate surface area is 176 Å². The summed E-state index contributed by atoms with van der Waals surface area (Å²) < 4.78 is 21.5. The van der Waals surface area contributed by atoms with Crippen molar-refractivity contribution in [3.63, 3.8) is 0 Å². The number of rotatable bonds is 7. The van der Waals surface area contributed by atoms with Crippen LogP contribution in [0.15, 0.2) is 36.7 Å². The van der Waals surface area contributed by atoms with Crippen LogP contribution in [0.2, 0.25) is 0 Å². The van der Waals surface area contributed by atoms with Crippen LogP contribution < -0.4 is 24.7 Å². The first-order valence-corrected chi connectivity index (χ1v) is 9.69. The maximum absolute atomic E-state index is 13.3. The van der Waals surface area contributed by atoms with Gasteiger partial charge in [0.25, 0.3) is 0 Å². The molecule has 0 aliphatic rings. The summed E-state index contributed by atoms with van der Waals surface area (Å²) in [7, 11) is 4.51. The zero-order valence-corrected chi connectivity index (χ0v) is 18.2. The number of pyridine rings is 1. The summed E-state index contributed by atoms with van der Waals surface area (Å²) in [5, 5.41) is 1.35. The molecule has 0 fully saturated rings. The number of fused-ring (bicyclic) bond motifs is 1. The Hall–Kier alpha value is -3.48. The minimum Gasteiger partial charge on any atom is -0.493 e. The topological polar surface area (TPSA) is 92.9 Å². The highest BCUT2D eigenvalue weighted by atomic mass is 16.5. The van der Waals surface area contributed by atoms with E-state index in [0.29, 0.717) is 57.2 Å². The number of hydrogen-bond donors (Lipinski definition) is 1. The third kappa shape index (κ3) is 4.25. The van der Waals surface area contributed by atoms with Gasteiger partial charge >= 0.3 is 0 Å². The fourth-order valence-corrected chi connectivity index (χ4v) is 3.08. The van der Waals surface area contributed by atoms with E-state index in [1.54, 1.807) is 24.4 Å². The van der Waals surface area contributed by atoms with Crippen LogP contribution in [0.5, 0.6) is 23.0 Å². The van der Waals surface area contributed by atoms with Crippen molar-refractivity contribution in [3.8, 4) is 23.0 Å². The van der Waals surface area contributed by atoms with Gasteiger partial charge < -0.3 is 24.7 Å². The van der Waals surface area contributed by atoms with Crippen LogP contribution in [0.4, 0.5) is 5.69 Å². The molecule has 0 saturated heterocycles. The molecule has 0 aliphatic heterocycles. The van der Waals surface area contributed by atoms with Gasteiger partial charge in [-0.2, -0.15) is 0 Å². The van der Waals surface area contributed by atoms with Crippen LogP contribution in [0.1, 0.15) is 36.7 Å². The van der Waals surface area contributed by atoms with Gasteiger partial charge in [0.1, 0.15) is 5.75 Å². The molecule has 0 aliphatic carbocycles. The molecule has 7 nitrogen and oxygen atoms in total. The van der Waals surface area contributed by atoms with Gasteiger partial charge in [-0.15, -0.1) is 0 Å². The molecule has 1 heterocycles. The third-order valence-corrected chi connectivity index (χ3v) is 4.42. The van der Waals surface area contributed by atoms with Crippen LogP contribution in [0.3, 0.4) is 0 Å². The summed E-state index contributed by atoms with van der Waals surface area (Å²) >= 11 is 0. The molecule has 0 radical (unpaired) electrons. The summed E-state index contributed by atoms with van der Waals surface area (Å²) in [5.74, 6) is 1.55. The predicted octanol–water partition coefficient (Wildman–Crippen LogP) is 4.50. The van der Waals surface area contributed by atoms with Crippen molar-refractivity contribution in [1.82, 2.24) is 4.98 Å². The highest BCUT2D eigenvalue weighted by Gasteiger charge is 2.20. The maximum atomic E-state index is 13.3. The second-order valence-electron chi connectivity index (χ2n) is 5.94. The quantitative estimate of drug-likeness (QED) is 0.451. The first kappa shape index (κ1) is 22.8. The number of nitrogens with two attached hydrogens (primary N) is 1. The number of ketones is 1. The average molecular weight is 412 g/mol. The van der Waals surface area contributed by atoms with Gasteiger partial charge in [0.15, 0.2) is 17.3 Å². The Balaban J connectivity index is 0.00000155. The predicted molar refractivity (Wildman–Crippen MR) is 118 cm³/mol. The van der Waals surface area contributed by atoms with E-state index in [4.69, 9.17) is 24.7 Å². The lowest BCUT2D eigenvalue weighted by molar-refractivity contribution is 0.103. The summed E-state index contributed by atoms with van der Waals surface area (Å²) in [6, 6.07) is 6.79. The van der Waals surface area contributed by atoms with E-state index in [-0.39, 0.29) is 5.78 Å². The molecule has 3 rings (SSSR count). The van der Waals surface area contributed by atoms with Gasteiger partial charge in [-0.25, -0.2) is 0 Å². The molecule has 2 N–H and O–H groups in total. The standard InChI is InChI=1S/C21H22N2O5.C2H6/c1-5-28-16-7-6-13-14(19(16)22)10-23-11-15(13)20(24)12-8-17(25-2)21(27-4)18(9-12)26-3;1-2/h6-11H,5,22H2,1-4H3;1-2H3. The number of carbonyl (C=O) groups excluding carboxylic acids is 1. The largest absolute Gasteiger partial charge is 0.493 e. The number of hydrogen-bond acceptors (Lipinski definition) is 7. The van der Waals surface area contributed by atoms with E-state index >= 15 is 0 Å². The summed E-state index contributed by atoms with van der Waals surface area (Å²) in [4.78, 5) is 17.5. The summed E-state index contributed by atoms with van der Waals surface area (Å²) in [6.45, 7) is 6.37. The number of anilines is 1. The van der Waals surface area contributed by atoms with Crippen molar-refractivity contribution >= 4 is 22.2 Å². The summed E-state index contributed by atoms with van der Waals surface area (Å²) in [5.41, 5.74) is 7.46. The Kier molecular flexibility index (Phi) is 7.86. The van der Waals surface area contributed by atoms with Crippen LogP contribution >= 0.6 is 0 Å². The number of ether oxygens (including phenoxy) is 4. The van der Waals surface area contributed by atoms with E-state index in [0.717, 1.165) is 0 Å². The van der Waals surface area contributed by atoms with Gasteiger partial charge in [-0.3, -0.25) is 9.78 Å². The molecule has 0 atom stereocenters. The average Bonchev–Trinajstić information content (AvgIpc) is 2.80. The first-order valence-electron chi connectivity index (χ1n) is 9.69. The zero-order chi connectivity index (χ0) is 22.3. The van der Waals surface area contributed by atoms with Gasteiger partial charge in [0.05, 0.1) is 33.6 Å². The number of nitrogens with zero attached hydrogens (tertiary/aromatic N) is 1. The molecule has 2 aromatic carbocycles. The van der Waals surface area contributed by atoms with E-state index in [1.807, 2.05) is 26.8 Å². The lowest BCUT2D eigenvalue weighted by atomic mass is 9.98. The minimum atomic E-state index is -0.235. The second kappa shape index (κ2) is 10.3. The Morgan fingerprint density at radius 2 is 1.57 bits per heavy atom. The molecular weight excluding hydrogens is 384 g/mol. The molecule has 160 valence electrons. The normalized spacial score (nSPS) is 10.1. The fourth-order valence-electron chi connectivity index (χ4n) is 3.08. The van der Waals surface area contributed by atoms with Crippen molar-refractivity contribution in [3.05, 3.63) is 47.8 Å². The van der Waals surface area contributed by atoms with Gasteiger partial charge in [0, 0.05) is 28.9 Å². The maximum Gasteiger partial charge on any atom is 0.203 e. The number of benzene rings is 2. The molecule has 0 spiro atoms. The molecule has 0 amide bonds. The van der Waals surface area contributed by atoms with Crippen LogP contribution in [0, 0.1) is 0 Å². The highest BCUT2D eigenvalue weighted by molar-refractivity contribution is 6.18.